The molecule has 0 bridgehead atoms. The monoisotopic (exact) mass is 254 g/mol. The van der Waals surface area contributed by atoms with E-state index in [1.54, 1.807) is 0 Å². The van der Waals surface area contributed by atoms with E-state index >= 15 is 0 Å². The summed E-state index contributed by atoms with van der Waals surface area (Å²) in [6.45, 7) is 2.48. The number of anilines is 2. The van der Waals surface area contributed by atoms with Gasteiger partial charge in [-0.2, -0.15) is 0 Å². The second-order valence-corrected chi connectivity index (χ2v) is 4.20. The van der Waals surface area contributed by atoms with Crippen molar-refractivity contribution in [3.8, 4) is 0 Å². The average Bonchev–Trinajstić information content (AvgIpc) is 2.50. The Morgan fingerprint density at radius 3 is 3.07 bits per heavy atom. The molecule has 0 aliphatic carbocycles. The normalized spacial score (nSPS) is 13.3. The molecule has 0 saturated heterocycles. The highest BCUT2D eigenvalue weighted by Crippen LogP contribution is 2.33. The zero-order chi connectivity index (χ0) is 10.1. The van der Waals surface area contributed by atoms with Crippen LogP contribution in [0.2, 0.25) is 0 Å². The Labute approximate surface area is 91.0 Å². The molecule has 1 aliphatic heterocycles. The lowest BCUT2D eigenvalue weighted by molar-refractivity contribution is -0.114. The minimum Gasteiger partial charge on any atom is -0.384 e. The largest absolute Gasteiger partial charge is 0.384 e. The maximum atomic E-state index is 10.9. The van der Waals surface area contributed by atoms with E-state index < -0.39 is 0 Å². The van der Waals surface area contributed by atoms with Gasteiger partial charge in [0.25, 0.3) is 0 Å². The van der Waals surface area contributed by atoms with E-state index in [0.29, 0.717) is 0 Å². The van der Waals surface area contributed by atoms with Crippen molar-refractivity contribution < 1.29 is 4.79 Å². The maximum absolute atomic E-state index is 10.9. The zero-order valence-electron chi connectivity index (χ0n) is 7.86. The van der Waals surface area contributed by atoms with Gasteiger partial charge in [-0.15, -0.1) is 0 Å². The first-order valence-corrected chi connectivity index (χ1v) is 5.30. The predicted molar refractivity (Wildman–Crippen MR) is 60.6 cm³/mol. The summed E-state index contributed by atoms with van der Waals surface area (Å²) in [5.74, 6) is -0.0391. The van der Waals surface area contributed by atoms with Crippen LogP contribution < -0.4 is 10.6 Å². The second-order valence-electron chi connectivity index (χ2n) is 3.35. The molecule has 4 heteroatoms. The number of benzene rings is 1. The van der Waals surface area contributed by atoms with E-state index in [9.17, 15) is 4.79 Å². The number of fused-ring (bicyclic) bond motifs is 1. The molecule has 0 fully saturated rings. The number of carbonyl (C=O) groups is 1. The van der Waals surface area contributed by atoms with Crippen molar-refractivity contribution in [3.05, 3.63) is 22.2 Å². The Hall–Kier alpha value is -1.03. The third-order valence-electron chi connectivity index (χ3n) is 2.19. The second kappa shape index (κ2) is 3.61. The Kier molecular flexibility index (Phi) is 2.46. The third kappa shape index (κ3) is 1.75. The van der Waals surface area contributed by atoms with Gasteiger partial charge >= 0.3 is 0 Å². The van der Waals surface area contributed by atoms with Gasteiger partial charge in [-0.05, 0) is 40.0 Å². The lowest BCUT2D eigenvalue weighted by Gasteiger charge is -2.07. The molecule has 0 saturated carbocycles. The van der Waals surface area contributed by atoms with E-state index in [1.807, 2.05) is 12.1 Å². The summed E-state index contributed by atoms with van der Waals surface area (Å²) < 4.78 is 1.01. The summed E-state index contributed by atoms with van der Waals surface area (Å²) in [5, 5.41) is 6.07. The van der Waals surface area contributed by atoms with Crippen LogP contribution in [0.1, 0.15) is 12.5 Å². The lowest BCUT2D eigenvalue weighted by Crippen LogP contribution is -2.05. The minimum atomic E-state index is -0.0391. The van der Waals surface area contributed by atoms with Gasteiger partial charge in [0.1, 0.15) is 0 Å². The fraction of sp³-hybridized carbons (Fsp3) is 0.300. The lowest BCUT2D eigenvalue weighted by atomic mass is 10.1. The first kappa shape index (κ1) is 9.52. The van der Waals surface area contributed by atoms with Gasteiger partial charge in [0.15, 0.2) is 0 Å². The summed E-state index contributed by atoms with van der Waals surface area (Å²) in [5.41, 5.74) is 3.26. The molecule has 2 rings (SSSR count). The predicted octanol–water partition coefficient (Wildman–Crippen LogP) is 2.38. The molecule has 1 heterocycles. The fourth-order valence-electron chi connectivity index (χ4n) is 1.66. The molecular formula is C10H11BrN2O. The number of rotatable bonds is 1. The molecule has 1 aromatic rings. The number of nitrogens with one attached hydrogen (secondary N) is 2. The molecule has 1 amide bonds. The van der Waals surface area contributed by atoms with Gasteiger partial charge in [0, 0.05) is 23.6 Å². The highest BCUT2D eigenvalue weighted by molar-refractivity contribution is 9.10. The smallest absolute Gasteiger partial charge is 0.221 e. The molecule has 0 aromatic heterocycles. The van der Waals surface area contributed by atoms with Gasteiger partial charge in [0.2, 0.25) is 5.91 Å². The van der Waals surface area contributed by atoms with E-state index in [1.165, 1.54) is 12.5 Å². The Balaban J connectivity index is 2.36. The Morgan fingerprint density at radius 2 is 2.36 bits per heavy atom. The molecule has 3 nitrogen and oxygen atoms in total. The minimum absolute atomic E-state index is 0.0391. The summed E-state index contributed by atoms with van der Waals surface area (Å²) in [6, 6.07) is 3.93. The zero-order valence-corrected chi connectivity index (χ0v) is 9.44. The molecule has 0 radical (unpaired) electrons. The van der Waals surface area contributed by atoms with Crippen LogP contribution in [-0.2, 0) is 11.2 Å². The van der Waals surface area contributed by atoms with Crippen molar-refractivity contribution in [3.63, 3.8) is 0 Å². The standard InChI is InChI=1S/C10H11BrN2O/c1-6(14)13-8-4-7-2-3-12-10(7)9(11)5-8/h4-5,12H,2-3H2,1H3,(H,13,14). The van der Waals surface area contributed by atoms with Crippen LogP contribution in [0.3, 0.4) is 0 Å². The van der Waals surface area contributed by atoms with Crippen LogP contribution in [0.25, 0.3) is 0 Å². The van der Waals surface area contributed by atoms with E-state index in [-0.39, 0.29) is 5.91 Å². The first-order valence-electron chi connectivity index (χ1n) is 4.50. The quantitative estimate of drug-likeness (QED) is 0.808. The van der Waals surface area contributed by atoms with Gasteiger partial charge < -0.3 is 10.6 Å². The van der Waals surface area contributed by atoms with Crippen LogP contribution in [0.4, 0.5) is 11.4 Å². The van der Waals surface area contributed by atoms with Crippen molar-refractivity contribution in [1.82, 2.24) is 0 Å². The summed E-state index contributed by atoms with van der Waals surface area (Å²) >= 11 is 3.47. The van der Waals surface area contributed by atoms with Crippen LogP contribution in [0.15, 0.2) is 16.6 Å². The van der Waals surface area contributed by atoms with E-state index in [0.717, 1.165) is 28.8 Å². The maximum Gasteiger partial charge on any atom is 0.221 e. The molecule has 1 aliphatic rings. The van der Waals surface area contributed by atoms with Crippen molar-refractivity contribution >= 4 is 33.2 Å². The highest BCUT2D eigenvalue weighted by Gasteiger charge is 2.14. The molecule has 0 spiro atoms. The topological polar surface area (TPSA) is 41.1 Å². The van der Waals surface area contributed by atoms with Crippen molar-refractivity contribution in [2.75, 3.05) is 17.2 Å². The molecule has 0 unspecified atom stereocenters. The van der Waals surface area contributed by atoms with Gasteiger partial charge in [-0.1, -0.05) is 0 Å². The number of hydrogen-bond acceptors (Lipinski definition) is 2. The SMILES string of the molecule is CC(=O)Nc1cc(Br)c2c(c1)CCN2. The van der Waals surface area contributed by atoms with E-state index in [4.69, 9.17) is 0 Å². The van der Waals surface area contributed by atoms with Crippen LogP contribution in [0.5, 0.6) is 0 Å². The van der Waals surface area contributed by atoms with E-state index in [2.05, 4.69) is 26.6 Å². The molecule has 74 valence electrons. The Morgan fingerprint density at radius 1 is 1.57 bits per heavy atom. The van der Waals surface area contributed by atoms with Crippen LogP contribution in [-0.4, -0.2) is 12.5 Å². The third-order valence-corrected chi connectivity index (χ3v) is 2.81. The molecule has 1 aromatic carbocycles. The molecule has 14 heavy (non-hydrogen) atoms. The number of halogens is 1. The molecule has 0 atom stereocenters. The summed E-state index contributed by atoms with van der Waals surface area (Å²) in [7, 11) is 0. The van der Waals surface area contributed by atoms with Crippen molar-refractivity contribution in [2.45, 2.75) is 13.3 Å². The average molecular weight is 255 g/mol. The number of carbonyl (C=O) groups excluding carboxylic acids is 1. The van der Waals surface area contributed by atoms with Gasteiger partial charge in [-0.3, -0.25) is 4.79 Å². The number of amides is 1. The first-order chi connectivity index (χ1) is 6.66. The van der Waals surface area contributed by atoms with Gasteiger partial charge in [-0.25, -0.2) is 0 Å². The summed E-state index contributed by atoms with van der Waals surface area (Å²) in [4.78, 5) is 10.9. The molecular weight excluding hydrogens is 244 g/mol. The van der Waals surface area contributed by atoms with Crippen LogP contribution >= 0.6 is 15.9 Å². The van der Waals surface area contributed by atoms with Crippen molar-refractivity contribution in [1.29, 1.82) is 0 Å². The Bertz CT molecular complexity index is 390. The summed E-state index contributed by atoms with van der Waals surface area (Å²) in [6.07, 6.45) is 1.02. The molecule has 2 N–H and O–H groups in total. The highest BCUT2D eigenvalue weighted by atomic mass is 79.9. The van der Waals surface area contributed by atoms with Crippen LogP contribution in [0, 0.1) is 0 Å². The van der Waals surface area contributed by atoms with Gasteiger partial charge in [0.05, 0.1) is 5.69 Å². The van der Waals surface area contributed by atoms with Crippen molar-refractivity contribution in [2.24, 2.45) is 0 Å². The fourth-order valence-corrected chi connectivity index (χ4v) is 2.30. The number of hydrogen-bond donors (Lipinski definition) is 2.